The van der Waals surface area contributed by atoms with Crippen LogP contribution in [0.4, 0.5) is 17.6 Å². The Morgan fingerprint density at radius 3 is 2.57 bits per heavy atom. The number of nitrogens with zero attached hydrogens (tertiary/aromatic N) is 1. The molecule has 0 aromatic heterocycles. The Kier molecular flexibility index (Phi) is 8.81. The van der Waals surface area contributed by atoms with Gasteiger partial charge in [0, 0.05) is 31.8 Å². The fourth-order valence-corrected chi connectivity index (χ4v) is 2.77. The van der Waals surface area contributed by atoms with Gasteiger partial charge in [-0.3, -0.25) is 4.99 Å². The number of fused-ring (bicyclic) bond motifs is 1. The van der Waals surface area contributed by atoms with E-state index < -0.39 is 18.2 Å². The number of benzene rings is 2. The molecule has 2 aromatic carbocycles. The molecular weight excluding hydrogens is 521 g/mol. The molecule has 30 heavy (non-hydrogen) atoms. The first-order valence-corrected chi connectivity index (χ1v) is 8.72. The van der Waals surface area contributed by atoms with Crippen LogP contribution in [0.25, 0.3) is 0 Å². The molecule has 11 heteroatoms. The number of halogens is 5. The number of guanidine groups is 1. The third-order valence-electron chi connectivity index (χ3n) is 4.16. The minimum Gasteiger partial charge on any atom is -0.454 e. The van der Waals surface area contributed by atoms with Gasteiger partial charge >= 0.3 is 6.61 Å². The Balaban J connectivity index is 0.00000320. The van der Waals surface area contributed by atoms with Gasteiger partial charge in [0.1, 0.15) is 5.75 Å². The molecule has 0 radical (unpaired) electrons. The first-order valence-electron chi connectivity index (χ1n) is 8.72. The van der Waals surface area contributed by atoms with Crippen LogP contribution < -0.4 is 24.8 Å². The maximum atomic E-state index is 13.7. The largest absolute Gasteiger partial charge is 0.454 e. The van der Waals surface area contributed by atoms with Gasteiger partial charge in [-0.05, 0) is 24.1 Å². The van der Waals surface area contributed by atoms with Crippen molar-refractivity contribution in [2.75, 3.05) is 20.4 Å². The Morgan fingerprint density at radius 1 is 1.13 bits per heavy atom. The molecule has 2 N–H and O–H groups in total. The van der Waals surface area contributed by atoms with Gasteiger partial charge in [-0.25, -0.2) is 8.78 Å². The van der Waals surface area contributed by atoms with Crippen molar-refractivity contribution in [2.24, 2.45) is 4.99 Å². The standard InChI is InChI=1S/C19H19F4N3O3.HI/c1-24-19(25-6-5-11-3-2-4-13(20)17(11)21)26-9-12-7-15-16(28-10-27-15)8-14(12)29-18(22)23;/h2-4,7-8,18H,5-6,9-10H2,1H3,(H2,24,25,26);1H. The van der Waals surface area contributed by atoms with Gasteiger partial charge in [0.2, 0.25) is 6.79 Å². The molecule has 0 fully saturated rings. The SMILES string of the molecule is CN=C(NCCc1cccc(F)c1F)NCc1cc2c(cc1OC(F)F)OCO2.I. The van der Waals surface area contributed by atoms with Crippen molar-refractivity contribution in [3.63, 3.8) is 0 Å². The van der Waals surface area contributed by atoms with Crippen LogP contribution in [0.15, 0.2) is 35.3 Å². The number of nitrogens with one attached hydrogen (secondary N) is 2. The van der Waals surface area contributed by atoms with Crippen LogP contribution in [0.1, 0.15) is 11.1 Å². The van der Waals surface area contributed by atoms with Crippen LogP contribution in [0.5, 0.6) is 17.2 Å². The van der Waals surface area contributed by atoms with E-state index in [1.165, 1.54) is 25.2 Å². The highest BCUT2D eigenvalue weighted by Gasteiger charge is 2.20. The van der Waals surface area contributed by atoms with Gasteiger partial charge in [0.15, 0.2) is 29.1 Å². The van der Waals surface area contributed by atoms with Crippen LogP contribution in [0, 0.1) is 11.6 Å². The second-order valence-electron chi connectivity index (χ2n) is 6.01. The summed E-state index contributed by atoms with van der Waals surface area (Å²) in [5, 5.41) is 5.90. The molecule has 1 aliphatic heterocycles. The van der Waals surface area contributed by atoms with E-state index in [0.717, 1.165) is 6.07 Å². The molecular formula is C19H20F4IN3O3. The number of hydrogen-bond donors (Lipinski definition) is 2. The van der Waals surface area contributed by atoms with E-state index in [9.17, 15) is 17.6 Å². The average Bonchev–Trinajstić information content (AvgIpc) is 3.14. The summed E-state index contributed by atoms with van der Waals surface area (Å²) in [6.07, 6.45) is 0.230. The first-order chi connectivity index (χ1) is 14.0. The lowest BCUT2D eigenvalue weighted by molar-refractivity contribution is -0.0505. The zero-order valence-corrected chi connectivity index (χ0v) is 18.2. The molecule has 0 spiro atoms. The fourth-order valence-electron chi connectivity index (χ4n) is 2.77. The zero-order chi connectivity index (χ0) is 20.8. The van der Waals surface area contributed by atoms with E-state index in [4.69, 9.17) is 9.47 Å². The van der Waals surface area contributed by atoms with E-state index in [2.05, 4.69) is 20.4 Å². The number of alkyl halides is 2. The highest BCUT2D eigenvalue weighted by atomic mass is 127. The predicted molar refractivity (Wildman–Crippen MR) is 113 cm³/mol. The molecule has 3 rings (SSSR count). The summed E-state index contributed by atoms with van der Waals surface area (Å²) in [5.74, 6) is -0.737. The number of rotatable bonds is 7. The van der Waals surface area contributed by atoms with E-state index in [0.29, 0.717) is 23.0 Å². The molecule has 0 saturated heterocycles. The second-order valence-corrected chi connectivity index (χ2v) is 6.01. The molecule has 0 bridgehead atoms. The number of aliphatic imine (C=N–C) groups is 1. The molecule has 0 amide bonds. The molecule has 0 aliphatic carbocycles. The maximum Gasteiger partial charge on any atom is 0.387 e. The van der Waals surface area contributed by atoms with Crippen LogP contribution >= 0.6 is 24.0 Å². The quantitative estimate of drug-likeness (QED) is 0.242. The lowest BCUT2D eigenvalue weighted by atomic mass is 10.1. The first kappa shape index (κ1) is 23.8. The fraction of sp³-hybridized carbons (Fsp3) is 0.316. The predicted octanol–water partition coefficient (Wildman–Crippen LogP) is 3.82. The molecule has 164 valence electrons. The third kappa shape index (κ3) is 6.03. The van der Waals surface area contributed by atoms with Crippen molar-refractivity contribution in [3.05, 3.63) is 53.1 Å². The zero-order valence-electron chi connectivity index (χ0n) is 15.9. The minimum absolute atomic E-state index is 0. The molecule has 6 nitrogen and oxygen atoms in total. The lowest BCUT2D eigenvalue weighted by Gasteiger charge is -2.15. The Labute approximate surface area is 187 Å². The molecule has 0 saturated carbocycles. The van der Waals surface area contributed by atoms with Gasteiger partial charge in [-0.15, -0.1) is 24.0 Å². The maximum absolute atomic E-state index is 13.7. The summed E-state index contributed by atoms with van der Waals surface area (Å²) in [4.78, 5) is 4.02. The highest BCUT2D eigenvalue weighted by Crippen LogP contribution is 2.38. The van der Waals surface area contributed by atoms with Gasteiger partial charge in [0.25, 0.3) is 0 Å². The minimum atomic E-state index is -2.99. The molecule has 0 atom stereocenters. The normalized spacial score (nSPS) is 12.5. The van der Waals surface area contributed by atoms with Crippen molar-refractivity contribution in [3.8, 4) is 17.2 Å². The summed E-state index contributed by atoms with van der Waals surface area (Å²) in [6.45, 7) is -2.61. The van der Waals surface area contributed by atoms with Crippen molar-refractivity contribution in [1.29, 1.82) is 0 Å². The van der Waals surface area contributed by atoms with E-state index >= 15 is 0 Å². The van der Waals surface area contributed by atoms with Gasteiger partial charge < -0.3 is 24.8 Å². The smallest absolute Gasteiger partial charge is 0.387 e. The van der Waals surface area contributed by atoms with E-state index in [1.807, 2.05) is 0 Å². The second kappa shape index (κ2) is 11.1. The number of ether oxygens (including phenoxy) is 3. The van der Waals surface area contributed by atoms with Crippen LogP contribution in [0.2, 0.25) is 0 Å². The van der Waals surface area contributed by atoms with Crippen LogP contribution in [0.3, 0.4) is 0 Å². The monoisotopic (exact) mass is 541 g/mol. The summed E-state index contributed by atoms with van der Waals surface area (Å²) in [5.41, 5.74) is 0.644. The number of hydrogen-bond acceptors (Lipinski definition) is 4. The summed E-state index contributed by atoms with van der Waals surface area (Å²) in [6, 6.07) is 6.87. The Bertz CT molecular complexity index is 900. The van der Waals surface area contributed by atoms with Crippen molar-refractivity contribution >= 4 is 29.9 Å². The summed E-state index contributed by atoms with van der Waals surface area (Å²) < 4.78 is 67.3. The summed E-state index contributed by atoms with van der Waals surface area (Å²) >= 11 is 0. The highest BCUT2D eigenvalue weighted by molar-refractivity contribution is 14.0. The average molecular weight is 541 g/mol. The van der Waals surface area contributed by atoms with Crippen LogP contribution in [-0.2, 0) is 13.0 Å². The summed E-state index contributed by atoms with van der Waals surface area (Å²) in [7, 11) is 1.52. The van der Waals surface area contributed by atoms with Crippen molar-refractivity contribution in [1.82, 2.24) is 10.6 Å². The van der Waals surface area contributed by atoms with Gasteiger partial charge in [-0.1, -0.05) is 12.1 Å². The van der Waals surface area contributed by atoms with Crippen molar-refractivity contribution < 1.29 is 31.8 Å². The van der Waals surface area contributed by atoms with E-state index in [1.54, 1.807) is 6.07 Å². The van der Waals surface area contributed by atoms with Crippen molar-refractivity contribution in [2.45, 2.75) is 19.6 Å². The molecule has 2 aromatic rings. The van der Waals surface area contributed by atoms with E-state index in [-0.39, 0.29) is 61.6 Å². The Hall–Kier alpha value is -2.44. The van der Waals surface area contributed by atoms with Gasteiger partial charge in [0.05, 0.1) is 0 Å². The molecule has 1 heterocycles. The molecule has 1 aliphatic rings. The third-order valence-corrected chi connectivity index (χ3v) is 4.16. The molecule has 0 unspecified atom stereocenters. The van der Waals surface area contributed by atoms with Crippen LogP contribution in [-0.4, -0.2) is 33.0 Å². The van der Waals surface area contributed by atoms with Gasteiger partial charge in [-0.2, -0.15) is 8.78 Å². The lowest BCUT2D eigenvalue weighted by Crippen LogP contribution is -2.38. The topological polar surface area (TPSA) is 64.1 Å². The Morgan fingerprint density at radius 2 is 1.87 bits per heavy atom.